The van der Waals surface area contributed by atoms with Crippen molar-refractivity contribution in [3.8, 4) is 0 Å². The number of hydrogen-bond donors (Lipinski definition) is 0. The summed E-state index contributed by atoms with van der Waals surface area (Å²) in [6.07, 6.45) is 0. The summed E-state index contributed by atoms with van der Waals surface area (Å²) in [6.45, 7) is 5.74. The van der Waals surface area contributed by atoms with Gasteiger partial charge in [-0.2, -0.15) is 0 Å². The molecule has 0 aliphatic carbocycles. The third-order valence-corrected chi connectivity index (χ3v) is 4.04. The van der Waals surface area contributed by atoms with Gasteiger partial charge < -0.3 is 0 Å². The van der Waals surface area contributed by atoms with Crippen LogP contribution in [0.5, 0.6) is 0 Å². The molecule has 0 bridgehead atoms. The van der Waals surface area contributed by atoms with E-state index >= 15 is 0 Å². The molecule has 0 unspecified atom stereocenters. The first-order chi connectivity index (χ1) is 10.5. The lowest BCUT2D eigenvalue weighted by Gasteiger charge is -2.08. The van der Waals surface area contributed by atoms with Gasteiger partial charge in [0.15, 0.2) is 11.5 Å². The van der Waals surface area contributed by atoms with Crippen LogP contribution in [0, 0.1) is 13.8 Å². The highest BCUT2D eigenvalue weighted by Crippen LogP contribution is 2.24. The van der Waals surface area contributed by atoms with Crippen molar-refractivity contribution < 1.29 is 4.79 Å². The number of aromatic nitrogens is 4. The average Bonchev–Trinajstić information content (AvgIpc) is 2.82. The molecular formula is C16H15ClN4O. The molecule has 112 valence electrons. The van der Waals surface area contributed by atoms with Crippen LogP contribution in [0.2, 0.25) is 5.15 Å². The Labute approximate surface area is 132 Å². The standard InChI is InChI=1S/C16H15ClN4O/c1-9-5-4-6-12-7-13(16(17)18-14(9)12)8-21-10(2)15(11(3)22)19-20-21/h4-7H,8H2,1-3H3. The normalized spacial score (nSPS) is 11.1. The zero-order chi connectivity index (χ0) is 15.9. The lowest BCUT2D eigenvalue weighted by atomic mass is 10.1. The molecule has 22 heavy (non-hydrogen) atoms. The van der Waals surface area contributed by atoms with Crippen molar-refractivity contribution in [2.75, 3.05) is 0 Å². The van der Waals surface area contributed by atoms with Gasteiger partial charge in [0.2, 0.25) is 0 Å². The van der Waals surface area contributed by atoms with Gasteiger partial charge in [0.1, 0.15) is 5.15 Å². The van der Waals surface area contributed by atoms with Crippen LogP contribution in [0.1, 0.15) is 34.2 Å². The predicted molar refractivity (Wildman–Crippen MR) is 85.4 cm³/mol. The van der Waals surface area contributed by atoms with Gasteiger partial charge in [-0.05, 0) is 25.5 Å². The molecule has 2 aromatic heterocycles. The van der Waals surface area contributed by atoms with Gasteiger partial charge in [0, 0.05) is 17.9 Å². The van der Waals surface area contributed by atoms with E-state index in [-0.39, 0.29) is 5.78 Å². The van der Waals surface area contributed by atoms with Crippen LogP contribution in [0.15, 0.2) is 24.3 Å². The summed E-state index contributed by atoms with van der Waals surface area (Å²) in [7, 11) is 0. The van der Waals surface area contributed by atoms with Crippen molar-refractivity contribution in [3.05, 3.63) is 51.9 Å². The second-order valence-corrected chi connectivity index (χ2v) is 5.68. The summed E-state index contributed by atoms with van der Waals surface area (Å²) < 4.78 is 1.67. The molecule has 0 fully saturated rings. The topological polar surface area (TPSA) is 60.7 Å². The van der Waals surface area contributed by atoms with Crippen LogP contribution in [0.25, 0.3) is 10.9 Å². The van der Waals surface area contributed by atoms with Crippen molar-refractivity contribution in [3.63, 3.8) is 0 Å². The number of ketones is 1. The van der Waals surface area contributed by atoms with Gasteiger partial charge in [0.25, 0.3) is 0 Å². The predicted octanol–water partition coefficient (Wildman–Crippen LogP) is 3.35. The minimum absolute atomic E-state index is 0.0953. The fourth-order valence-electron chi connectivity index (χ4n) is 2.48. The Morgan fingerprint density at radius 2 is 2.09 bits per heavy atom. The van der Waals surface area contributed by atoms with E-state index in [0.29, 0.717) is 17.4 Å². The lowest BCUT2D eigenvalue weighted by molar-refractivity contribution is 0.101. The lowest BCUT2D eigenvalue weighted by Crippen LogP contribution is -2.06. The molecule has 0 saturated heterocycles. The minimum atomic E-state index is -0.0953. The summed E-state index contributed by atoms with van der Waals surface area (Å²) in [4.78, 5) is 15.9. The fourth-order valence-corrected chi connectivity index (χ4v) is 2.67. The van der Waals surface area contributed by atoms with E-state index in [0.717, 1.165) is 27.7 Å². The van der Waals surface area contributed by atoms with Gasteiger partial charge in [0.05, 0.1) is 17.8 Å². The molecule has 5 nitrogen and oxygen atoms in total. The van der Waals surface area contributed by atoms with Gasteiger partial charge in [-0.1, -0.05) is 35.0 Å². The third-order valence-electron chi connectivity index (χ3n) is 3.71. The summed E-state index contributed by atoms with van der Waals surface area (Å²) >= 11 is 6.31. The summed E-state index contributed by atoms with van der Waals surface area (Å²) in [5, 5.41) is 9.42. The van der Waals surface area contributed by atoms with E-state index in [1.807, 2.05) is 38.1 Å². The maximum absolute atomic E-state index is 11.5. The molecule has 0 aliphatic rings. The van der Waals surface area contributed by atoms with Crippen LogP contribution >= 0.6 is 11.6 Å². The summed E-state index contributed by atoms with van der Waals surface area (Å²) in [5.41, 5.74) is 3.95. The van der Waals surface area contributed by atoms with Crippen molar-refractivity contribution in [1.29, 1.82) is 0 Å². The Morgan fingerprint density at radius 1 is 1.32 bits per heavy atom. The first-order valence-electron chi connectivity index (χ1n) is 6.93. The molecule has 0 aliphatic heterocycles. The van der Waals surface area contributed by atoms with Crippen molar-refractivity contribution in [1.82, 2.24) is 20.0 Å². The molecule has 0 amide bonds. The Kier molecular flexibility index (Phi) is 3.66. The number of carbonyl (C=O) groups is 1. The number of pyridine rings is 1. The van der Waals surface area contributed by atoms with E-state index in [2.05, 4.69) is 15.3 Å². The molecular weight excluding hydrogens is 300 g/mol. The first-order valence-corrected chi connectivity index (χ1v) is 7.31. The molecule has 3 aromatic rings. The van der Waals surface area contributed by atoms with E-state index in [1.54, 1.807) is 4.68 Å². The van der Waals surface area contributed by atoms with Gasteiger partial charge in [-0.25, -0.2) is 9.67 Å². The molecule has 3 rings (SSSR count). The van der Waals surface area contributed by atoms with E-state index in [9.17, 15) is 4.79 Å². The molecule has 0 radical (unpaired) electrons. The van der Waals surface area contributed by atoms with Crippen LogP contribution in [0.3, 0.4) is 0 Å². The largest absolute Gasteiger partial charge is 0.293 e. The van der Waals surface area contributed by atoms with Crippen LogP contribution in [0.4, 0.5) is 0 Å². The monoisotopic (exact) mass is 314 g/mol. The van der Waals surface area contributed by atoms with Crippen LogP contribution < -0.4 is 0 Å². The smallest absolute Gasteiger partial charge is 0.181 e. The van der Waals surface area contributed by atoms with E-state index in [4.69, 9.17) is 11.6 Å². The summed E-state index contributed by atoms with van der Waals surface area (Å²) in [6, 6.07) is 8.01. The molecule has 0 atom stereocenters. The van der Waals surface area contributed by atoms with Crippen LogP contribution in [-0.4, -0.2) is 25.8 Å². The van der Waals surface area contributed by atoms with Crippen molar-refractivity contribution >= 4 is 28.3 Å². The highest BCUT2D eigenvalue weighted by atomic mass is 35.5. The number of halogens is 1. The third kappa shape index (κ3) is 2.48. The zero-order valence-electron chi connectivity index (χ0n) is 12.6. The maximum atomic E-state index is 11.5. The molecule has 2 heterocycles. The zero-order valence-corrected chi connectivity index (χ0v) is 13.3. The molecule has 0 N–H and O–H groups in total. The Morgan fingerprint density at radius 3 is 2.77 bits per heavy atom. The summed E-state index contributed by atoms with van der Waals surface area (Å²) in [5.74, 6) is -0.0953. The highest BCUT2D eigenvalue weighted by Gasteiger charge is 2.14. The second kappa shape index (κ2) is 5.50. The second-order valence-electron chi connectivity index (χ2n) is 5.32. The molecule has 0 spiro atoms. The number of fused-ring (bicyclic) bond motifs is 1. The number of hydrogen-bond acceptors (Lipinski definition) is 4. The fraction of sp³-hybridized carbons (Fsp3) is 0.250. The molecule has 0 saturated carbocycles. The highest BCUT2D eigenvalue weighted by molar-refractivity contribution is 6.30. The number of rotatable bonds is 3. The Bertz CT molecular complexity index is 885. The van der Waals surface area contributed by atoms with E-state index < -0.39 is 0 Å². The van der Waals surface area contributed by atoms with Gasteiger partial charge in [-0.15, -0.1) is 5.10 Å². The number of Topliss-reactive ketones (excluding diaryl/α,β-unsaturated/α-hetero) is 1. The molecule has 6 heteroatoms. The molecule has 1 aromatic carbocycles. The Hall–Kier alpha value is -2.27. The van der Waals surface area contributed by atoms with Gasteiger partial charge >= 0.3 is 0 Å². The number of benzene rings is 1. The Balaban J connectivity index is 2.04. The number of carbonyl (C=O) groups excluding carboxylic acids is 1. The average molecular weight is 315 g/mol. The quantitative estimate of drug-likeness (QED) is 0.549. The van der Waals surface area contributed by atoms with Crippen molar-refractivity contribution in [2.24, 2.45) is 0 Å². The minimum Gasteiger partial charge on any atom is -0.293 e. The van der Waals surface area contributed by atoms with Crippen molar-refractivity contribution in [2.45, 2.75) is 27.3 Å². The SMILES string of the molecule is CC(=O)c1nnn(Cc2cc3cccc(C)c3nc2Cl)c1C. The number of para-hydroxylation sites is 1. The first kappa shape index (κ1) is 14.7. The van der Waals surface area contributed by atoms with Crippen LogP contribution in [-0.2, 0) is 6.54 Å². The maximum Gasteiger partial charge on any atom is 0.181 e. The number of nitrogens with zero attached hydrogens (tertiary/aromatic N) is 4. The van der Waals surface area contributed by atoms with Gasteiger partial charge in [-0.3, -0.25) is 4.79 Å². The number of aryl methyl sites for hydroxylation is 1. The van der Waals surface area contributed by atoms with E-state index in [1.165, 1.54) is 6.92 Å².